The van der Waals surface area contributed by atoms with Gasteiger partial charge in [-0.15, -0.1) is 0 Å². The summed E-state index contributed by atoms with van der Waals surface area (Å²) >= 11 is 0. The summed E-state index contributed by atoms with van der Waals surface area (Å²) in [6.45, 7) is 0. The van der Waals surface area contributed by atoms with E-state index in [1.807, 2.05) is 0 Å². The normalized spacial score (nSPS) is 19.6. The number of hydrogen-bond donors (Lipinski definition) is 2. The average Bonchev–Trinajstić information content (AvgIpc) is 3.00. The Morgan fingerprint density at radius 3 is 2.67 bits per heavy atom. The van der Waals surface area contributed by atoms with Gasteiger partial charge in [-0.1, -0.05) is 30.8 Å². The zero-order valence-electron chi connectivity index (χ0n) is 10.2. The zero-order valence-corrected chi connectivity index (χ0v) is 10.2. The minimum absolute atomic E-state index is 0.432. The second-order valence-electron chi connectivity index (χ2n) is 4.96. The second-order valence-corrected chi connectivity index (χ2v) is 4.96. The number of H-pyrrole nitrogens is 1. The summed E-state index contributed by atoms with van der Waals surface area (Å²) in [6, 6.07) is 1.80. The molecule has 1 aliphatic carbocycles. The fraction of sp³-hybridized carbons (Fsp3) is 0.583. The van der Waals surface area contributed by atoms with Crippen molar-refractivity contribution in [3.8, 4) is 11.6 Å². The van der Waals surface area contributed by atoms with Crippen LogP contribution < -0.4 is 5.73 Å². The molecule has 2 heterocycles. The van der Waals surface area contributed by atoms with E-state index in [2.05, 4.69) is 20.3 Å². The Morgan fingerprint density at radius 1 is 1.22 bits per heavy atom. The Morgan fingerprint density at radius 2 is 2.00 bits per heavy atom. The topological polar surface area (TPSA) is 93.6 Å². The number of hydrogen-bond acceptors (Lipinski definition) is 5. The predicted molar refractivity (Wildman–Crippen MR) is 65.4 cm³/mol. The second kappa shape index (κ2) is 4.53. The molecule has 3 rings (SSSR count). The number of nitrogens with zero attached hydrogens (tertiary/aromatic N) is 3. The molecule has 1 saturated carbocycles. The molecule has 6 nitrogen and oxygen atoms in total. The van der Waals surface area contributed by atoms with Gasteiger partial charge in [-0.2, -0.15) is 10.1 Å². The van der Waals surface area contributed by atoms with Crippen LogP contribution in [-0.4, -0.2) is 20.3 Å². The largest absolute Gasteiger partial charge is 0.332 e. The molecule has 1 aliphatic rings. The molecule has 0 aromatic carbocycles. The predicted octanol–water partition coefficient (Wildman–Crippen LogP) is 1.97. The molecule has 6 heteroatoms. The van der Waals surface area contributed by atoms with Crippen LogP contribution in [0.5, 0.6) is 0 Å². The van der Waals surface area contributed by atoms with E-state index >= 15 is 0 Å². The molecule has 0 aliphatic heterocycles. The van der Waals surface area contributed by atoms with Gasteiger partial charge in [0.1, 0.15) is 5.69 Å². The van der Waals surface area contributed by atoms with Gasteiger partial charge in [-0.3, -0.25) is 5.10 Å². The van der Waals surface area contributed by atoms with Crippen molar-refractivity contribution in [2.45, 2.75) is 44.1 Å². The van der Waals surface area contributed by atoms with Crippen molar-refractivity contribution in [1.29, 1.82) is 0 Å². The highest BCUT2D eigenvalue weighted by Gasteiger charge is 2.33. The third kappa shape index (κ3) is 2.03. The molecule has 96 valence electrons. The van der Waals surface area contributed by atoms with Gasteiger partial charge < -0.3 is 10.3 Å². The Bertz CT molecular complexity index is 496. The van der Waals surface area contributed by atoms with Crippen molar-refractivity contribution < 1.29 is 4.52 Å². The summed E-state index contributed by atoms with van der Waals surface area (Å²) in [5, 5.41) is 10.7. The van der Waals surface area contributed by atoms with Gasteiger partial charge in [-0.25, -0.2) is 0 Å². The van der Waals surface area contributed by atoms with Gasteiger partial charge in [0.05, 0.1) is 5.54 Å². The van der Waals surface area contributed by atoms with E-state index < -0.39 is 5.54 Å². The molecule has 1 fully saturated rings. The highest BCUT2D eigenvalue weighted by atomic mass is 16.5. The quantitative estimate of drug-likeness (QED) is 0.791. The van der Waals surface area contributed by atoms with E-state index in [9.17, 15) is 0 Å². The highest BCUT2D eigenvalue weighted by molar-refractivity contribution is 5.44. The van der Waals surface area contributed by atoms with Gasteiger partial charge in [0.15, 0.2) is 5.82 Å². The van der Waals surface area contributed by atoms with Gasteiger partial charge in [0.25, 0.3) is 5.89 Å². The molecule has 2 aromatic rings. The Balaban J connectivity index is 1.88. The first-order valence-electron chi connectivity index (χ1n) is 6.41. The number of nitrogens with two attached hydrogens (primary N) is 1. The van der Waals surface area contributed by atoms with Crippen LogP contribution in [0.25, 0.3) is 11.6 Å². The van der Waals surface area contributed by atoms with Crippen LogP contribution >= 0.6 is 0 Å². The van der Waals surface area contributed by atoms with Crippen LogP contribution in [0, 0.1) is 0 Å². The van der Waals surface area contributed by atoms with Gasteiger partial charge in [-0.05, 0) is 18.9 Å². The summed E-state index contributed by atoms with van der Waals surface area (Å²) in [4.78, 5) is 4.42. The molecule has 0 atom stereocenters. The fourth-order valence-electron chi connectivity index (χ4n) is 2.49. The van der Waals surface area contributed by atoms with Crippen LogP contribution in [0.3, 0.4) is 0 Å². The molecule has 0 saturated heterocycles. The van der Waals surface area contributed by atoms with Gasteiger partial charge >= 0.3 is 0 Å². The number of rotatable bonds is 2. The van der Waals surface area contributed by atoms with Crippen molar-refractivity contribution in [2.75, 3.05) is 0 Å². The SMILES string of the molecule is NC1(c2noc(-c3ccn[nH]3)n2)CCCCCC1. The van der Waals surface area contributed by atoms with E-state index in [1.165, 1.54) is 12.8 Å². The zero-order chi connectivity index (χ0) is 12.4. The minimum Gasteiger partial charge on any atom is -0.332 e. The van der Waals surface area contributed by atoms with E-state index in [0.29, 0.717) is 11.7 Å². The first kappa shape index (κ1) is 11.4. The lowest BCUT2D eigenvalue weighted by Gasteiger charge is -2.23. The molecule has 2 aromatic heterocycles. The van der Waals surface area contributed by atoms with Crippen LogP contribution in [0.1, 0.15) is 44.3 Å². The summed E-state index contributed by atoms with van der Waals surface area (Å²) in [6.07, 6.45) is 8.25. The summed E-state index contributed by atoms with van der Waals surface area (Å²) < 4.78 is 5.26. The molecule has 0 radical (unpaired) electrons. The van der Waals surface area contributed by atoms with Crippen molar-refractivity contribution in [3.05, 3.63) is 18.1 Å². The Hall–Kier alpha value is -1.69. The van der Waals surface area contributed by atoms with Gasteiger partial charge in [0.2, 0.25) is 0 Å². The van der Waals surface area contributed by atoms with Crippen molar-refractivity contribution >= 4 is 0 Å². The number of aromatic nitrogens is 4. The monoisotopic (exact) mass is 247 g/mol. The van der Waals surface area contributed by atoms with E-state index in [0.717, 1.165) is 31.4 Å². The third-order valence-electron chi connectivity index (χ3n) is 3.60. The van der Waals surface area contributed by atoms with E-state index in [-0.39, 0.29) is 0 Å². The maximum Gasteiger partial charge on any atom is 0.275 e. The van der Waals surface area contributed by atoms with Crippen LogP contribution in [0.15, 0.2) is 16.8 Å². The lowest BCUT2D eigenvalue weighted by atomic mass is 9.91. The molecule has 3 N–H and O–H groups in total. The average molecular weight is 247 g/mol. The number of aromatic amines is 1. The van der Waals surface area contributed by atoms with E-state index in [1.54, 1.807) is 12.3 Å². The van der Waals surface area contributed by atoms with Crippen LogP contribution in [-0.2, 0) is 5.54 Å². The van der Waals surface area contributed by atoms with Crippen molar-refractivity contribution in [2.24, 2.45) is 5.73 Å². The Kier molecular flexibility index (Phi) is 2.87. The molecular weight excluding hydrogens is 230 g/mol. The molecule has 0 spiro atoms. The third-order valence-corrected chi connectivity index (χ3v) is 3.60. The minimum atomic E-state index is -0.432. The van der Waals surface area contributed by atoms with Crippen molar-refractivity contribution in [1.82, 2.24) is 20.3 Å². The maximum atomic E-state index is 6.44. The van der Waals surface area contributed by atoms with Crippen LogP contribution in [0.4, 0.5) is 0 Å². The molecule has 0 bridgehead atoms. The fourth-order valence-corrected chi connectivity index (χ4v) is 2.49. The molecular formula is C12H17N5O. The van der Waals surface area contributed by atoms with Crippen LogP contribution in [0.2, 0.25) is 0 Å². The van der Waals surface area contributed by atoms with Gasteiger partial charge in [0, 0.05) is 6.20 Å². The summed E-state index contributed by atoms with van der Waals surface area (Å²) in [7, 11) is 0. The standard InChI is InChI=1S/C12H17N5O/c13-12(6-3-1-2-4-7-12)11-15-10(18-17-11)9-5-8-14-16-9/h5,8H,1-4,6-7,13H2,(H,14,16). The van der Waals surface area contributed by atoms with E-state index in [4.69, 9.17) is 10.3 Å². The summed E-state index contributed by atoms with van der Waals surface area (Å²) in [5.74, 6) is 1.07. The van der Waals surface area contributed by atoms with Crippen molar-refractivity contribution in [3.63, 3.8) is 0 Å². The lowest BCUT2D eigenvalue weighted by Crippen LogP contribution is -2.37. The smallest absolute Gasteiger partial charge is 0.275 e. The Labute approximate surface area is 105 Å². The first-order valence-corrected chi connectivity index (χ1v) is 6.41. The molecule has 18 heavy (non-hydrogen) atoms. The summed E-state index contributed by atoms with van der Waals surface area (Å²) in [5.41, 5.74) is 6.73. The maximum absolute atomic E-state index is 6.44. The highest BCUT2D eigenvalue weighted by Crippen LogP contribution is 2.32. The molecule has 0 amide bonds. The molecule has 0 unspecified atom stereocenters. The first-order chi connectivity index (χ1) is 8.78. The number of nitrogens with one attached hydrogen (secondary N) is 1. The lowest BCUT2D eigenvalue weighted by molar-refractivity contribution is 0.334.